The molecule has 0 atom stereocenters. The summed E-state index contributed by atoms with van der Waals surface area (Å²) in [7, 11) is -4.11. The van der Waals surface area contributed by atoms with Crippen LogP contribution in [0.2, 0.25) is 0 Å². The van der Waals surface area contributed by atoms with Crippen molar-refractivity contribution >= 4 is 21.0 Å². The summed E-state index contributed by atoms with van der Waals surface area (Å²) in [4.78, 5) is 4.04. The number of aromatic nitrogens is 1. The van der Waals surface area contributed by atoms with E-state index in [4.69, 9.17) is 14.4 Å². The molecule has 0 aliphatic heterocycles. The van der Waals surface area contributed by atoms with E-state index >= 15 is 0 Å². The molecule has 0 aliphatic rings. The molecule has 20 heavy (non-hydrogen) atoms. The molecular formula is C13H15NO5S. The third-order valence-electron chi connectivity index (χ3n) is 2.75. The Morgan fingerprint density at radius 2 is 2.00 bits per heavy atom. The number of aryl methyl sites for hydroxylation is 1. The third kappa shape index (κ3) is 2.96. The molecule has 2 rings (SSSR count). The van der Waals surface area contributed by atoms with Gasteiger partial charge in [-0.3, -0.25) is 9.17 Å². The Balaban J connectivity index is 2.52. The van der Waals surface area contributed by atoms with Crippen molar-refractivity contribution in [3.8, 4) is 0 Å². The van der Waals surface area contributed by atoms with Gasteiger partial charge >= 0.3 is 0 Å². The van der Waals surface area contributed by atoms with Crippen LogP contribution in [-0.4, -0.2) is 42.9 Å². The smallest absolute Gasteiger partial charge is 0.299 e. The summed E-state index contributed by atoms with van der Waals surface area (Å²) in [5, 5.41) is 18.5. The molecule has 6 nitrogen and oxygen atoms in total. The van der Waals surface area contributed by atoms with Crippen LogP contribution >= 0.6 is 0 Å². The monoisotopic (exact) mass is 297 g/mol. The van der Waals surface area contributed by atoms with Crippen molar-refractivity contribution in [2.24, 2.45) is 0 Å². The van der Waals surface area contributed by atoms with Crippen molar-refractivity contribution in [3.05, 3.63) is 36.0 Å². The van der Waals surface area contributed by atoms with Crippen molar-refractivity contribution < 1.29 is 22.8 Å². The fraction of sp³-hybridized carbons (Fsp3) is 0.308. The molecule has 1 aromatic heterocycles. The van der Waals surface area contributed by atoms with Gasteiger partial charge in [0, 0.05) is 11.6 Å². The molecular weight excluding hydrogens is 282 g/mol. The topological polar surface area (TPSA) is 96.7 Å². The van der Waals surface area contributed by atoms with E-state index in [1.165, 1.54) is 6.07 Å². The Hall–Kier alpha value is -1.54. The minimum Gasteiger partial charge on any atom is -0.394 e. The van der Waals surface area contributed by atoms with E-state index in [0.29, 0.717) is 10.9 Å². The van der Waals surface area contributed by atoms with E-state index in [1.807, 2.05) is 13.0 Å². The molecule has 0 radical (unpaired) electrons. The fourth-order valence-corrected chi connectivity index (χ4v) is 3.03. The average Bonchev–Trinajstić information content (AvgIpc) is 2.43. The van der Waals surface area contributed by atoms with Crippen LogP contribution in [0.1, 0.15) is 5.56 Å². The zero-order valence-corrected chi connectivity index (χ0v) is 11.7. The molecule has 7 heteroatoms. The Bertz CT molecular complexity index is 710. The van der Waals surface area contributed by atoms with Gasteiger partial charge in [-0.2, -0.15) is 8.42 Å². The van der Waals surface area contributed by atoms with Crippen LogP contribution in [0.15, 0.2) is 35.4 Å². The summed E-state index contributed by atoms with van der Waals surface area (Å²) < 4.78 is 29.1. The Labute approximate surface area is 116 Å². The standard InChI is InChI=1S/C13H15NO5S/c1-9-5-10-3-2-4-12(13(10)14-6-9)20(17,18)19-11(7-15)8-16/h2-6,11,15-16H,7-8H2,1H3. The second kappa shape index (κ2) is 5.84. The second-order valence-corrected chi connectivity index (χ2v) is 5.92. The first-order chi connectivity index (χ1) is 9.47. The van der Waals surface area contributed by atoms with Gasteiger partial charge in [0.05, 0.1) is 18.7 Å². The van der Waals surface area contributed by atoms with E-state index < -0.39 is 29.4 Å². The lowest BCUT2D eigenvalue weighted by Crippen LogP contribution is -2.25. The molecule has 0 fully saturated rings. The summed E-state index contributed by atoms with van der Waals surface area (Å²) in [6.45, 7) is 0.678. The van der Waals surface area contributed by atoms with Crippen LogP contribution in [0.3, 0.4) is 0 Å². The molecule has 108 valence electrons. The molecule has 1 aromatic carbocycles. The normalized spacial score (nSPS) is 12.2. The maximum atomic E-state index is 12.2. The van der Waals surface area contributed by atoms with E-state index in [2.05, 4.69) is 4.98 Å². The van der Waals surface area contributed by atoms with Gasteiger partial charge in [-0.1, -0.05) is 12.1 Å². The lowest BCUT2D eigenvalue weighted by atomic mass is 10.2. The first-order valence-electron chi connectivity index (χ1n) is 5.98. The first kappa shape index (κ1) is 14.9. The molecule has 0 unspecified atom stereocenters. The number of benzene rings is 1. The lowest BCUT2D eigenvalue weighted by Gasteiger charge is -2.13. The molecule has 0 amide bonds. The second-order valence-electron chi connectivity index (χ2n) is 4.38. The number of para-hydroxylation sites is 1. The van der Waals surface area contributed by atoms with Crippen LogP contribution in [0, 0.1) is 6.92 Å². The summed E-state index contributed by atoms with van der Waals surface area (Å²) in [5.74, 6) is 0. The predicted molar refractivity (Wildman–Crippen MR) is 72.7 cm³/mol. The molecule has 0 spiro atoms. The van der Waals surface area contributed by atoms with Crippen molar-refractivity contribution in [1.82, 2.24) is 4.98 Å². The van der Waals surface area contributed by atoms with Crippen molar-refractivity contribution in [3.63, 3.8) is 0 Å². The van der Waals surface area contributed by atoms with E-state index in [1.54, 1.807) is 18.3 Å². The zero-order chi connectivity index (χ0) is 14.8. The summed E-state index contributed by atoms with van der Waals surface area (Å²) in [5.41, 5.74) is 1.21. The molecule has 0 saturated heterocycles. The van der Waals surface area contributed by atoms with Crippen molar-refractivity contribution in [2.75, 3.05) is 13.2 Å². The van der Waals surface area contributed by atoms with Crippen molar-refractivity contribution in [2.45, 2.75) is 17.9 Å². The number of aliphatic hydroxyl groups excluding tert-OH is 2. The molecule has 0 aliphatic carbocycles. The van der Waals surface area contributed by atoms with Crippen LogP contribution in [0.5, 0.6) is 0 Å². The van der Waals surface area contributed by atoms with Crippen molar-refractivity contribution in [1.29, 1.82) is 0 Å². The highest BCUT2D eigenvalue weighted by molar-refractivity contribution is 7.87. The van der Waals surface area contributed by atoms with Gasteiger partial charge < -0.3 is 10.2 Å². The van der Waals surface area contributed by atoms with E-state index in [-0.39, 0.29) is 4.90 Å². The first-order valence-corrected chi connectivity index (χ1v) is 7.39. The number of rotatable bonds is 5. The van der Waals surface area contributed by atoms with Crippen LogP contribution in [-0.2, 0) is 14.3 Å². The molecule has 0 bridgehead atoms. The third-order valence-corrected chi connectivity index (χ3v) is 4.14. The highest BCUT2D eigenvalue weighted by Crippen LogP contribution is 2.24. The highest BCUT2D eigenvalue weighted by Gasteiger charge is 2.23. The van der Waals surface area contributed by atoms with Gasteiger partial charge in [-0.25, -0.2) is 0 Å². The van der Waals surface area contributed by atoms with E-state index in [0.717, 1.165) is 5.56 Å². The zero-order valence-electron chi connectivity index (χ0n) is 10.9. The number of pyridine rings is 1. The molecule has 2 N–H and O–H groups in total. The number of hydrogen-bond acceptors (Lipinski definition) is 6. The van der Waals surface area contributed by atoms with Gasteiger partial charge in [0.25, 0.3) is 10.1 Å². The minimum absolute atomic E-state index is 0.0816. The highest BCUT2D eigenvalue weighted by atomic mass is 32.2. The Morgan fingerprint density at radius 3 is 2.65 bits per heavy atom. The fourth-order valence-electron chi connectivity index (χ4n) is 1.79. The van der Waals surface area contributed by atoms with Crippen LogP contribution in [0.4, 0.5) is 0 Å². The molecule has 2 aromatic rings. The van der Waals surface area contributed by atoms with Gasteiger partial charge in [-0.05, 0) is 24.6 Å². The van der Waals surface area contributed by atoms with Gasteiger partial charge in [-0.15, -0.1) is 0 Å². The summed E-state index contributed by atoms with van der Waals surface area (Å²) in [6, 6.07) is 6.54. The van der Waals surface area contributed by atoms with Gasteiger partial charge in [0.1, 0.15) is 11.0 Å². The van der Waals surface area contributed by atoms with Crippen LogP contribution in [0.25, 0.3) is 10.9 Å². The number of fused-ring (bicyclic) bond motifs is 1. The molecule has 1 heterocycles. The van der Waals surface area contributed by atoms with Gasteiger partial charge in [0.15, 0.2) is 0 Å². The number of nitrogens with zero attached hydrogens (tertiary/aromatic N) is 1. The summed E-state index contributed by atoms with van der Waals surface area (Å²) >= 11 is 0. The largest absolute Gasteiger partial charge is 0.394 e. The summed E-state index contributed by atoms with van der Waals surface area (Å²) in [6.07, 6.45) is 0.386. The maximum Gasteiger partial charge on any atom is 0.299 e. The predicted octanol–water partition coefficient (Wildman–Crippen LogP) is 0.602. The quantitative estimate of drug-likeness (QED) is 0.785. The SMILES string of the molecule is Cc1cnc2c(S(=O)(=O)OC(CO)CO)cccc2c1. The lowest BCUT2D eigenvalue weighted by molar-refractivity contribution is 0.0675. The number of hydrogen-bond donors (Lipinski definition) is 2. The van der Waals surface area contributed by atoms with Crippen LogP contribution < -0.4 is 0 Å². The number of aliphatic hydroxyl groups is 2. The van der Waals surface area contributed by atoms with Gasteiger partial charge in [0.2, 0.25) is 0 Å². The van der Waals surface area contributed by atoms with E-state index in [9.17, 15) is 8.42 Å². The Kier molecular flexibility index (Phi) is 4.34. The Morgan fingerprint density at radius 1 is 1.30 bits per heavy atom. The average molecular weight is 297 g/mol. The minimum atomic E-state index is -4.11. The maximum absolute atomic E-state index is 12.2. The molecule has 0 saturated carbocycles.